The Hall–Kier alpha value is -3.62. The maximum absolute atomic E-state index is 4.66. The van der Waals surface area contributed by atoms with Gasteiger partial charge in [0.05, 0.1) is 11.7 Å². The van der Waals surface area contributed by atoms with Crippen molar-refractivity contribution < 1.29 is 0 Å². The smallest absolute Gasteiger partial charge is 0.227 e. The number of pyridine rings is 1. The molecule has 1 atom stereocenters. The minimum Gasteiger partial charge on any atom is -0.330 e. The standard InChI is InChI=1S/C20H21N9/c1-14-6-3-8-16(12-14)29-25-18(22-26-29)17-9-5-11-28(17)20-24-23-19(27(20)2)15-7-4-10-21-13-15/h3-4,6-8,10,12-13,17H,5,9,11H2,1-2H3/t17-/m1/s1. The molecule has 1 aliphatic heterocycles. The molecule has 9 heteroatoms. The zero-order valence-corrected chi connectivity index (χ0v) is 16.3. The van der Waals surface area contributed by atoms with Crippen molar-refractivity contribution in [2.24, 2.45) is 7.05 Å². The summed E-state index contributed by atoms with van der Waals surface area (Å²) in [4.78, 5) is 7.99. The van der Waals surface area contributed by atoms with Crippen LogP contribution < -0.4 is 4.90 Å². The molecular formula is C20H21N9. The second kappa shape index (κ2) is 7.08. The van der Waals surface area contributed by atoms with Crippen molar-refractivity contribution in [2.45, 2.75) is 25.8 Å². The Bertz CT molecular complexity index is 1130. The largest absolute Gasteiger partial charge is 0.330 e. The van der Waals surface area contributed by atoms with E-state index in [2.05, 4.69) is 35.5 Å². The SMILES string of the molecule is Cc1cccc(-n2nnc([C@H]3CCCN3c3nnc(-c4cccnc4)n3C)n2)c1. The molecule has 4 aromatic rings. The van der Waals surface area contributed by atoms with Gasteiger partial charge in [0.1, 0.15) is 0 Å². The van der Waals surface area contributed by atoms with Gasteiger partial charge < -0.3 is 4.90 Å². The summed E-state index contributed by atoms with van der Waals surface area (Å²) < 4.78 is 2.00. The highest BCUT2D eigenvalue weighted by Gasteiger charge is 2.33. The number of tetrazole rings is 1. The minimum absolute atomic E-state index is 0.0261. The summed E-state index contributed by atoms with van der Waals surface area (Å²) in [6.07, 6.45) is 5.54. The van der Waals surface area contributed by atoms with E-state index in [1.54, 1.807) is 17.2 Å². The van der Waals surface area contributed by atoms with Gasteiger partial charge in [0.15, 0.2) is 11.6 Å². The summed E-state index contributed by atoms with van der Waals surface area (Å²) in [6.45, 7) is 2.93. The maximum atomic E-state index is 4.66. The van der Waals surface area contributed by atoms with Crippen LogP contribution in [0.25, 0.3) is 17.1 Å². The van der Waals surface area contributed by atoms with Gasteiger partial charge in [-0.1, -0.05) is 12.1 Å². The fraction of sp³-hybridized carbons (Fsp3) is 0.300. The summed E-state index contributed by atoms with van der Waals surface area (Å²) in [5.74, 6) is 2.29. The third-order valence-electron chi connectivity index (χ3n) is 5.24. The molecule has 3 aromatic heterocycles. The number of benzene rings is 1. The molecule has 0 saturated carbocycles. The molecule has 4 heterocycles. The van der Waals surface area contributed by atoms with Crippen LogP contribution in [0.3, 0.4) is 0 Å². The molecule has 0 unspecified atom stereocenters. The van der Waals surface area contributed by atoms with Crippen molar-refractivity contribution in [1.29, 1.82) is 0 Å². The summed E-state index contributed by atoms with van der Waals surface area (Å²) in [5, 5.41) is 22.1. The number of aromatic nitrogens is 8. The van der Waals surface area contributed by atoms with E-state index in [0.717, 1.165) is 48.0 Å². The van der Waals surface area contributed by atoms with E-state index in [0.29, 0.717) is 5.82 Å². The predicted molar refractivity (Wildman–Crippen MR) is 107 cm³/mol. The zero-order valence-electron chi connectivity index (χ0n) is 16.3. The monoisotopic (exact) mass is 387 g/mol. The van der Waals surface area contributed by atoms with E-state index in [9.17, 15) is 0 Å². The molecule has 1 fully saturated rings. The Morgan fingerprint density at radius 1 is 1.07 bits per heavy atom. The topological polar surface area (TPSA) is 90.4 Å². The number of aryl methyl sites for hydroxylation is 1. The lowest BCUT2D eigenvalue weighted by Crippen LogP contribution is -2.26. The second-order valence-electron chi connectivity index (χ2n) is 7.25. The van der Waals surface area contributed by atoms with E-state index in [-0.39, 0.29) is 6.04 Å². The average molecular weight is 387 g/mol. The van der Waals surface area contributed by atoms with Crippen LogP contribution in [-0.2, 0) is 7.05 Å². The summed E-state index contributed by atoms with van der Waals surface area (Å²) in [6, 6.07) is 12.0. The van der Waals surface area contributed by atoms with Gasteiger partial charge in [-0.25, -0.2) is 0 Å². The van der Waals surface area contributed by atoms with Crippen LogP contribution in [-0.4, -0.2) is 46.5 Å². The van der Waals surface area contributed by atoms with Crippen molar-refractivity contribution in [3.63, 3.8) is 0 Å². The molecule has 0 spiro atoms. The maximum Gasteiger partial charge on any atom is 0.227 e. The van der Waals surface area contributed by atoms with Crippen molar-refractivity contribution in [3.8, 4) is 17.1 Å². The van der Waals surface area contributed by atoms with Gasteiger partial charge in [-0.3, -0.25) is 9.55 Å². The van der Waals surface area contributed by atoms with Gasteiger partial charge in [-0.2, -0.15) is 0 Å². The lowest BCUT2D eigenvalue weighted by Gasteiger charge is -2.22. The van der Waals surface area contributed by atoms with Crippen LogP contribution in [0.2, 0.25) is 0 Å². The van der Waals surface area contributed by atoms with Crippen LogP contribution in [0.4, 0.5) is 5.95 Å². The minimum atomic E-state index is 0.0261. The number of anilines is 1. The van der Waals surface area contributed by atoms with E-state index in [4.69, 9.17) is 0 Å². The van der Waals surface area contributed by atoms with E-state index in [1.165, 1.54) is 0 Å². The Balaban J connectivity index is 1.45. The van der Waals surface area contributed by atoms with Crippen LogP contribution in [0, 0.1) is 6.92 Å². The molecular weight excluding hydrogens is 366 g/mol. The molecule has 0 N–H and O–H groups in total. The van der Waals surface area contributed by atoms with E-state index >= 15 is 0 Å². The van der Waals surface area contributed by atoms with Crippen LogP contribution in [0.15, 0.2) is 48.8 Å². The molecule has 1 aromatic carbocycles. The first-order chi connectivity index (χ1) is 14.2. The normalized spacial score (nSPS) is 16.5. The molecule has 9 nitrogen and oxygen atoms in total. The third-order valence-corrected chi connectivity index (χ3v) is 5.24. The van der Waals surface area contributed by atoms with Crippen molar-refractivity contribution >= 4 is 5.95 Å². The fourth-order valence-corrected chi connectivity index (χ4v) is 3.81. The summed E-state index contributed by atoms with van der Waals surface area (Å²) in [7, 11) is 1.98. The van der Waals surface area contributed by atoms with Gasteiger partial charge in [-0.05, 0) is 54.8 Å². The first-order valence-corrected chi connectivity index (χ1v) is 9.64. The molecule has 146 valence electrons. The Morgan fingerprint density at radius 3 is 2.83 bits per heavy atom. The van der Waals surface area contributed by atoms with E-state index in [1.807, 2.05) is 54.9 Å². The lowest BCUT2D eigenvalue weighted by atomic mass is 10.2. The first-order valence-electron chi connectivity index (χ1n) is 9.64. The summed E-state index contributed by atoms with van der Waals surface area (Å²) in [5.41, 5.74) is 3.00. The molecule has 0 amide bonds. The van der Waals surface area contributed by atoms with Gasteiger partial charge in [0.2, 0.25) is 5.95 Å². The van der Waals surface area contributed by atoms with Crippen molar-refractivity contribution in [2.75, 3.05) is 11.4 Å². The molecule has 29 heavy (non-hydrogen) atoms. The van der Waals surface area contributed by atoms with Gasteiger partial charge >= 0.3 is 0 Å². The van der Waals surface area contributed by atoms with Gasteiger partial charge in [0, 0.05) is 31.5 Å². The Morgan fingerprint density at radius 2 is 2.00 bits per heavy atom. The highest BCUT2D eigenvalue weighted by Crippen LogP contribution is 2.34. The number of nitrogens with zero attached hydrogens (tertiary/aromatic N) is 9. The average Bonchev–Trinajstić information content (AvgIpc) is 3.47. The quantitative estimate of drug-likeness (QED) is 0.531. The number of hydrogen-bond acceptors (Lipinski definition) is 7. The van der Waals surface area contributed by atoms with E-state index < -0.39 is 0 Å². The summed E-state index contributed by atoms with van der Waals surface area (Å²) >= 11 is 0. The Kier molecular flexibility index (Phi) is 4.27. The van der Waals surface area contributed by atoms with Crippen LogP contribution in [0.1, 0.15) is 30.3 Å². The molecule has 5 rings (SSSR count). The predicted octanol–water partition coefficient (Wildman–Crippen LogP) is 2.50. The Labute approximate surface area is 168 Å². The highest BCUT2D eigenvalue weighted by atomic mass is 15.6. The number of rotatable bonds is 4. The van der Waals surface area contributed by atoms with Crippen LogP contribution in [0.5, 0.6) is 0 Å². The lowest BCUT2D eigenvalue weighted by molar-refractivity contribution is 0.639. The van der Waals surface area contributed by atoms with Crippen LogP contribution >= 0.6 is 0 Å². The third kappa shape index (κ3) is 3.14. The molecule has 0 radical (unpaired) electrons. The number of hydrogen-bond donors (Lipinski definition) is 0. The molecule has 0 aliphatic carbocycles. The molecule has 0 bridgehead atoms. The first kappa shape index (κ1) is 17.5. The van der Waals surface area contributed by atoms with Gasteiger partial charge in [-0.15, -0.1) is 25.2 Å². The van der Waals surface area contributed by atoms with Crippen molar-refractivity contribution in [3.05, 3.63) is 60.2 Å². The zero-order chi connectivity index (χ0) is 19.8. The fourth-order valence-electron chi connectivity index (χ4n) is 3.81. The highest BCUT2D eigenvalue weighted by molar-refractivity contribution is 5.56. The second-order valence-corrected chi connectivity index (χ2v) is 7.25. The van der Waals surface area contributed by atoms with Gasteiger partial charge in [0.25, 0.3) is 0 Å². The van der Waals surface area contributed by atoms with Crippen molar-refractivity contribution in [1.82, 2.24) is 40.0 Å². The molecule has 1 aliphatic rings. The molecule has 1 saturated heterocycles.